The molecular weight excluding hydrogens is 698 g/mol. The number of hydrogen-bond donors (Lipinski definition) is 12. The van der Waals surface area contributed by atoms with Gasteiger partial charge >= 0.3 is 5.97 Å². The van der Waals surface area contributed by atoms with Gasteiger partial charge in [0.25, 0.3) is 0 Å². The summed E-state index contributed by atoms with van der Waals surface area (Å²) in [5.74, 6) is -6.90. The summed E-state index contributed by atoms with van der Waals surface area (Å²) >= 11 is 0. The van der Waals surface area contributed by atoms with E-state index in [9.17, 15) is 43.2 Å². The molecule has 0 saturated carbocycles. The molecule has 21 nitrogen and oxygen atoms in total. The van der Waals surface area contributed by atoms with Crippen LogP contribution in [0.2, 0.25) is 0 Å². The molecule has 0 spiro atoms. The lowest BCUT2D eigenvalue weighted by atomic mass is 10.1. The van der Waals surface area contributed by atoms with E-state index in [-0.39, 0.29) is 6.42 Å². The third-order valence-electron chi connectivity index (χ3n) is 7.82. The summed E-state index contributed by atoms with van der Waals surface area (Å²) in [6.07, 6.45) is 2.86. The van der Waals surface area contributed by atoms with Crippen LogP contribution in [-0.2, 0) is 43.2 Å². The lowest BCUT2D eigenvalue weighted by molar-refractivity contribution is -0.141. The molecule has 0 heterocycles. The Morgan fingerprint density at radius 2 is 0.830 bits per heavy atom. The van der Waals surface area contributed by atoms with Crippen molar-refractivity contribution in [2.24, 2.45) is 17.2 Å². The SMILES string of the molecule is CC(NC(=O)C(C)NC(=O)C(C)NC(=O)C(CCCCN)NC(=O)C(C)NC(=O)C(C)NC(=O)C(C)NC(=O)CNC(=O)C(N)CCCCN)C(=O)O. The number of unbranched alkanes of at least 4 members (excludes halogenated alkanes) is 2. The van der Waals surface area contributed by atoms with E-state index >= 15 is 0 Å². The molecule has 0 aromatic rings. The fourth-order valence-electron chi connectivity index (χ4n) is 4.35. The first-order valence-electron chi connectivity index (χ1n) is 17.5. The molecule has 0 aromatic carbocycles. The van der Waals surface area contributed by atoms with E-state index < -0.39 is 108 Å². The molecule has 0 aliphatic heterocycles. The molecule has 0 aliphatic carbocycles. The van der Waals surface area contributed by atoms with Gasteiger partial charge in [-0.25, -0.2) is 0 Å². The van der Waals surface area contributed by atoms with E-state index in [1.807, 2.05) is 0 Å². The molecule has 8 unspecified atom stereocenters. The highest BCUT2D eigenvalue weighted by atomic mass is 16.4. The summed E-state index contributed by atoms with van der Waals surface area (Å²) in [5, 5.41) is 28.2. The minimum absolute atomic E-state index is 0.136. The molecular formula is C32H59N11O10. The number of carbonyl (C=O) groups excluding carboxylic acids is 8. The van der Waals surface area contributed by atoms with Crippen LogP contribution in [0.25, 0.3) is 0 Å². The van der Waals surface area contributed by atoms with Crippen molar-refractivity contribution in [1.29, 1.82) is 0 Å². The maximum atomic E-state index is 13.1. The zero-order chi connectivity index (χ0) is 40.8. The highest BCUT2D eigenvalue weighted by Crippen LogP contribution is 2.04. The first-order chi connectivity index (χ1) is 24.7. The first-order valence-corrected chi connectivity index (χ1v) is 17.5. The number of nitrogens with one attached hydrogen (secondary N) is 8. The monoisotopic (exact) mass is 757 g/mol. The fraction of sp³-hybridized carbons (Fsp3) is 0.719. The first kappa shape index (κ1) is 48.1. The average Bonchev–Trinajstić information content (AvgIpc) is 3.09. The Balaban J connectivity index is 5.10. The van der Waals surface area contributed by atoms with Gasteiger partial charge in [-0.15, -0.1) is 0 Å². The molecule has 21 heteroatoms. The standard InChI is InChI=1S/C32H59N11O10/c1-16(37-24(44)15-36-30(50)22(35)11-7-9-13-33)25(45)38-17(2)26(46)40-20(5)29(49)43-23(12-8-10-14-34)31(51)41-19(4)27(47)39-18(3)28(48)42-21(6)32(52)53/h16-23H,7-15,33-35H2,1-6H3,(H,36,50)(H,37,44)(H,38,45)(H,39,47)(H,40,46)(H,41,51)(H,42,48)(H,43,49)(H,52,53). The number of carboxylic acids is 1. The van der Waals surface area contributed by atoms with E-state index in [0.717, 1.165) is 0 Å². The van der Waals surface area contributed by atoms with Crippen molar-refractivity contribution in [2.75, 3.05) is 19.6 Å². The zero-order valence-electron chi connectivity index (χ0n) is 31.3. The molecule has 15 N–H and O–H groups in total. The number of rotatable bonds is 25. The predicted octanol–water partition coefficient (Wildman–Crippen LogP) is -4.71. The van der Waals surface area contributed by atoms with Crippen LogP contribution in [0.4, 0.5) is 0 Å². The van der Waals surface area contributed by atoms with Crippen LogP contribution in [0.1, 0.15) is 80.1 Å². The Bertz CT molecular complexity index is 1280. The molecule has 302 valence electrons. The van der Waals surface area contributed by atoms with Crippen molar-refractivity contribution in [3.8, 4) is 0 Å². The number of carbonyl (C=O) groups is 9. The van der Waals surface area contributed by atoms with Gasteiger partial charge in [0.2, 0.25) is 47.3 Å². The summed E-state index contributed by atoms with van der Waals surface area (Å²) < 4.78 is 0. The summed E-state index contributed by atoms with van der Waals surface area (Å²) in [4.78, 5) is 112. The molecule has 0 aromatic heterocycles. The average molecular weight is 758 g/mol. The second kappa shape index (κ2) is 25.1. The highest BCUT2D eigenvalue weighted by molar-refractivity contribution is 5.97. The third kappa shape index (κ3) is 19.5. The molecule has 8 amide bonds. The van der Waals surface area contributed by atoms with Crippen LogP contribution in [-0.4, -0.2) is 126 Å². The molecule has 0 radical (unpaired) electrons. The fourth-order valence-corrected chi connectivity index (χ4v) is 4.35. The summed E-state index contributed by atoms with van der Waals surface area (Å²) in [6, 6.07) is -8.84. The van der Waals surface area contributed by atoms with Crippen molar-refractivity contribution >= 4 is 53.2 Å². The Hall–Kier alpha value is -4.89. The molecule has 0 fully saturated rings. The van der Waals surface area contributed by atoms with Crippen LogP contribution in [0, 0.1) is 0 Å². The summed E-state index contributed by atoms with van der Waals surface area (Å²) in [7, 11) is 0. The minimum Gasteiger partial charge on any atom is -0.480 e. The second-order valence-electron chi connectivity index (χ2n) is 12.7. The van der Waals surface area contributed by atoms with Gasteiger partial charge in [-0.1, -0.05) is 6.42 Å². The quantitative estimate of drug-likeness (QED) is 0.0390. The second-order valence-corrected chi connectivity index (χ2v) is 12.7. The lowest BCUT2D eigenvalue weighted by Gasteiger charge is -2.24. The summed E-state index contributed by atoms with van der Waals surface area (Å²) in [5.41, 5.74) is 16.8. The van der Waals surface area contributed by atoms with Crippen molar-refractivity contribution < 1.29 is 48.3 Å². The van der Waals surface area contributed by atoms with Gasteiger partial charge in [-0.3, -0.25) is 43.2 Å². The van der Waals surface area contributed by atoms with E-state index in [2.05, 4.69) is 42.5 Å². The molecule has 8 atom stereocenters. The van der Waals surface area contributed by atoms with E-state index in [0.29, 0.717) is 45.2 Å². The van der Waals surface area contributed by atoms with Crippen molar-refractivity contribution in [3.63, 3.8) is 0 Å². The Labute approximate surface area is 309 Å². The largest absolute Gasteiger partial charge is 0.480 e. The molecule has 0 rings (SSSR count). The van der Waals surface area contributed by atoms with E-state index in [1.54, 1.807) is 0 Å². The minimum atomic E-state index is -1.26. The molecule has 0 aliphatic rings. The number of nitrogens with two attached hydrogens (primary N) is 3. The zero-order valence-corrected chi connectivity index (χ0v) is 31.3. The third-order valence-corrected chi connectivity index (χ3v) is 7.82. The Morgan fingerprint density at radius 3 is 1.25 bits per heavy atom. The number of hydrogen-bond acceptors (Lipinski definition) is 12. The van der Waals surface area contributed by atoms with Crippen molar-refractivity contribution in [2.45, 2.75) is 128 Å². The van der Waals surface area contributed by atoms with Gasteiger partial charge < -0.3 is 64.8 Å². The summed E-state index contributed by atoms with van der Waals surface area (Å²) in [6.45, 7) is 8.38. The molecule has 0 bridgehead atoms. The molecule has 53 heavy (non-hydrogen) atoms. The number of amides is 8. The van der Waals surface area contributed by atoms with Gasteiger partial charge in [-0.05, 0) is 86.7 Å². The maximum absolute atomic E-state index is 13.1. The van der Waals surface area contributed by atoms with Crippen molar-refractivity contribution in [1.82, 2.24) is 42.5 Å². The van der Waals surface area contributed by atoms with Crippen LogP contribution >= 0.6 is 0 Å². The van der Waals surface area contributed by atoms with Crippen molar-refractivity contribution in [3.05, 3.63) is 0 Å². The van der Waals surface area contributed by atoms with E-state index in [1.165, 1.54) is 41.5 Å². The number of aliphatic carboxylic acids is 1. The van der Waals surface area contributed by atoms with Gasteiger partial charge in [0.15, 0.2) is 0 Å². The Morgan fingerprint density at radius 1 is 0.472 bits per heavy atom. The highest BCUT2D eigenvalue weighted by Gasteiger charge is 2.29. The predicted molar refractivity (Wildman–Crippen MR) is 192 cm³/mol. The number of carboxylic acid groups (broad SMARTS) is 1. The maximum Gasteiger partial charge on any atom is 0.325 e. The molecule has 0 saturated heterocycles. The smallest absolute Gasteiger partial charge is 0.325 e. The van der Waals surface area contributed by atoms with Gasteiger partial charge in [0.05, 0.1) is 12.6 Å². The van der Waals surface area contributed by atoms with Gasteiger partial charge in [0.1, 0.15) is 42.3 Å². The topological polar surface area (TPSA) is 348 Å². The normalized spacial score (nSPS) is 15.3. The van der Waals surface area contributed by atoms with Crippen LogP contribution in [0.5, 0.6) is 0 Å². The van der Waals surface area contributed by atoms with Gasteiger partial charge in [0, 0.05) is 0 Å². The lowest BCUT2D eigenvalue weighted by Crippen LogP contribution is -2.58. The van der Waals surface area contributed by atoms with E-state index in [4.69, 9.17) is 22.3 Å². The van der Waals surface area contributed by atoms with Crippen LogP contribution in [0.15, 0.2) is 0 Å². The van der Waals surface area contributed by atoms with Crippen LogP contribution < -0.4 is 59.7 Å². The van der Waals surface area contributed by atoms with Gasteiger partial charge in [-0.2, -0.15) is 0 Å². The Kier molecular flexibility index (Phi) is 22.8. The van der Waals surface area contributed by atoms with Crippen LogP contribution in [0.3, 0.4) is 0 Å².